The van der Waals surface area contributed by atoms with Crippen molar-refractivity contribution in [2.45, 2.75) is 5.33 Å². The van der Waals surface area contributed by atoms with Gasteiger partial charge in [-0.3, -0.25) is 0 Å². The lowest BCUT2D eigenvalue weighted by Crippen LogP contribution is -1.85. The van der Waals surface area contributed by atoms with Crippen molar-refractivity contribution in [2.75, 3.05) is 0 Å². The third-order valence-corrected chi connectivity index (χ3v) is 2.60. The zero-order chi connectivity index (χ0) is 10.8. The van der Waals surface area contributed by atoms with Gasteiger partial charge in [-0.05, 0) is 12.1 Å². The molecule has 0 saturated carbocycles. The Labute approximate surface area is 98.8 Å². The van der Waals surface area contributed by atoms with Gasteiger partial charge in [0.1, 0.15) is 0 Å². The maximum absolute atomic E-state index is 10.9. The van der Waals surface area contributed by atoms with Gasteiger partial charge in [-0.1, -0.05) is 39.7 Å². The van der Waals surface area contributed by atoms with Gasteiger partial charge in [-0.15, -0.1) is 0 Å². The van der Waals surface area contributed by atoms with Gasteiger partial charge in [-0.25, -0.2) is 4.79 Å². The Morgan fingerprint density at radius 3 is 2.80 bits per heavy atom. The predicted molar refractivity (Wildman–Crippen MR) is 60.3 cm³/mol. The van der Waals surface area contributed by atoms with E-state index in [-0.39, 0.29) is 0 Å². The summed E-state index contributed by atoms with van der Waals surface area (Å²) in [5, 5.41) is 0.998. The standard InChI is InChI=1S/C10H6BrClO3/c11-5-8-9(15-10(13)14-8)6-2-1-3-7(12)4-6/h1-4H,5H2. The largest absolute Gasteiger partial charge is 0.519 e. The first-order chi connectivity index (χ1) is 7.20. The van der Waals surface area contributed by atoms with Crippen LogP contribution in [0.25, 0.3) is 11.3 Å². The molecule has 0 aliphatic carbocycles. The van der Waals surface area contributed by atoms with Crippen molar-refractivity contribution in [1.29, 1.82) is 0 Å². The molecular formula is C10H6BrClO3. The SMILES string of the molecule is O=c1oc(CBr)c(-c2cccc(Cl)c2)o1. The van der Waals surface area contributed by atoms with Crippen LogP contribution in [-0.2, 0) is 5.33 Å². The highest BCUT2D eigenvalue weighted by Gasteiger charge is 2.13. The number of halogens is 2. The van der Waals surface area contributed by atoms with Crippen molar-refractivity contribution in [3.05, 3.63) is 45.7 Å². The number of alkyl halides is 1. The molecule has 0 aliphatic heterocycles. The number of hydrogen-bond donors (Lipinski definition) is 0. The molecule has 1 aromatic heterocycles. The van der Waals surface area contributed by atoms with Crippen molar-refractivity contribution < 1.29 is 8.83 Å². The second kappa shape index (κ2) is 4.24. The van der Waals surface area contributed by atoms with Crippen LogP contribution in [0.1, 0.15) is 5.76 Å². The third kappa shape index (κ3) is 2.16. The van der Waals surface area contributed by atoms with Crippen LogP contribution in [0, 0.1) is 0 Å². The summed E-state index contributed by atoms with van der Waals surface area (Å²) in [6.45, 7) is 0. The highest BCUT2D eigenvalue weighted by atomic mass is 79.9. The molecule has 0 saturated heterocycles. The highest BCUT2D eigenvalue weighted by Crippen LogP contribution is 2.26. The number of rotatable bonds is 2. The topological polar surface area (TPSA) is 43.4 Å². The smallest absolute Gasteiger partial charge is 0.394 e. The Balaban J connectivity index is 2.57. The van der Waals surface area contributed by atoms with E-state index in [4.69, 9.17) is 20.4 Å². The van der Waals surface area contributed by atoms with Crippen molar-refractivity contribution >= 4 is 27.5 Å². The molecule has 0 N–H and O–H groups in total. The Morgan fingerprint density at radius 2 is 2.13 bits per heavy atom. The average molecular weight is 290 g/mol. The molecule has 2 aromatic rings. The molecule has 0 unspecified atom stereocenters. The normalized spacial score (nSPS) is 10.5. The highest BCUT2D eigenvalue weighted by molar-refractivity contribution is 9.08. The van der Waals surface area contributed by atoms with Gasteiger partial charge < -0.3 is 8.83 Å². The molecule has 0 bridgehead atoms. The second-order valence-corrected chi connectivity index (χ2v) is 3.85. The van der Waals surface area contributed by atoms with Crippen molar-refractivity contribution in [3.8, 4) is 11.3 Å². The molecule has 0 atom stereocenters. The van der Waals surface area contributed by atoms with E-state index < -0.39 is 5.82 Å². The maximum atomic E-state index is 10.9. The Kier molecular flexibility index (Phi) is 2.98. The average Bonchev–Trinajstić information content (AvgIpc) is 2.59. The summed E-state index contributed by atoms with van der Waals surface area (Å²) in [6, 6.07) is 7.03. The van der Waals surface area contributed by atoms with Gasteiger partial charge in [0.2, 0.25) is 0 Å². The molecule has 0 aliphatic rings. The van der Waals surface area contributed by atoms with Crippen LogP contribution in [0.5, 0.6) is 0 Å². The lowest BCUT2D eigenvalue weighted by Gasteiger charge is -1.97. The van der Waals surface area contributed by atoms with Crippen LogP contribution in [0.4, 0.5) is 0 Å². The van der Waals surface area contributed by atoms with Crippen LogP contribution >= 0.6 is 27.5 Å². The predicted octanol–water partition coefficient (Wildman–Crippen LogP) is 3.45. The monoisotopic (exact) mass is 288 g/mol. The summed E-state index contributed by atoms with van der Waals surface area (Å²) >= 11 is 9.05. The van der Waals surface area contributed by atoms with Crippen LogP contribution in [0.15, 0.2) is 37.9 Å². The molecule has 0 fully saturated rings. The van der Waals surface area contributed by atoms with Crippen LogP contribution in [-0.4, -0.2) is 0 Å². The van der Waals surface area contributed by atoms with Gasteiger partial charge in [0.25, 0.3) is 0 Å². The minimum Gasteiger partial charge on any atom is -0.394 e. The van der Waals surface area contributed by atoms with E-state index in [9.17, 15) is 4.79 Å². The molecule has 5 heteroatoms. The first-order valence-corrected chi connectivity index (χ1v) is 5.65. The van der Waals surface area contributed by atoms with Crippen molar-refractivity contribution in [1.82, 2.24) is 0 Å². The molecule has 0 amide bonds. The first kappa shape index (κ1) is 10.5. The van der Waals surface area contributed by atoms with E-state index in [2.05, 4.69) is 15.9 Å². The summed E-state index contributed by atoms with van der Waals surface area (Å²) in [7, 11) is 0. The van der Waals surface area contributed by atoms with Gasteiger partial charge >= 0.3 is 5.82 Å². The molecule has 15 heavy (non-hydrogen) atoms. The van der Waals surface area contributed by atoms with Crippen molar-refractivity contribution in [2.24, 2.45) is 0 Å². The fourth-order valence-electron chi connectivity index (χ4n) is 1.25. The van der Waals surface area contributed by atoms with E-state index in [1.165, 1.54) is 0 Å². The van der Waals surface area contributed by atoms with Crippen LogP contribution < -0.4 is 5.82 Å². The lowest BCUT2D eigenvalue weighted by molar-refractivity contribution is 0.381. The third-order valence-electron chi connectivity index (χ3n) is 1.85. The van der Waals surface area contributed by atoms with Gasteiger partial charge in [0.05, 0.1) is 5.33 Å². The lowest BCUT2D eigenvalue weighted by atomic mass is 10.1. The zero-order valence-electron chi connectivity index (χ0n) is 7.50. The summed E-state index contributed by atoms with van der Waals surface area (Å²) in [5.74, 6) is 0.168. The Morgan fingerprint density at radius 1 is 1.33 bits per heavy atom. The van der Waals surface area contributed by atoms with E-state index in [1.54, 1.807) is 24.3 Å². The number of benzene rings is 1. The summed E-state index contributed by atoms with van der Waals surface area (Å²) in [6.07, 6.45) is 0. The maximum Gasteiger partial charge on any atom is 0.519 e. The van der Waals surface area contributed by atoms with Gasteiger partial charge in [0.15, 0.2) is 11.5 Å². The van der Waals surface area contributed by atoms with Crippen LogP contribution in [0.3, 0.4) is 0 Å². The fraction of sp³-hybridized carbons (Fsp3) is 0.100. The molecule has 3 nitrogen and oxygen atoms in total. The molecule has 78 valence electrons. The minimum absolute atomic E-state index is 0.416. The van der Waals surface area contributed by atoms with Crippen LogP contribution in [0.2, 0.25) is 5.02 Å². The summed E-state index contributed by atoms with van der Waals surface area (Å²) in [4.78, 5) is 10.9. The molecule has 1 heterocycles. The summed E-state index contributed by atoms with van der Waals surface area (Å²) in [5.41, 5.74) is 0.725. The first-order valence-electron chi connectivity index (χ1n) is 4.15. The van der Waals surface area contributed by atoms with E-state index in [0.717, 1.165) is 5.56 Å². The molecule has 1 aromatic carbocycles. The summed E-state index contributed by atoms with van der Waals surface area (Å²) < 4.78 is 9.78. The quantitative estimate of drug-likeness (QED) is 0.795. The fourth-order valence-corrected chi connectivity index (χ4v) is 1.81. The van der Waals surface area contributed by atoms with Gasteiger partial charge in [0, 0.05) is 10.6 Å². The molecule has 0 radical (unpaired) electrons. The molecular weight excluding hydrogens is 283 g/mol. The van der Waals surface area contributed by atoms with Gasteiger partial charge in [-0.2, -0.15) is 0 Å². The van der Waals surface area contributed by atoms with Crippen molar-refractivity contribution in [3.63, 3.8) is 0 Å². The minimum atomic E-state index is -0.709. The van der Waals surface area contributed by atoms with E-state index in [1.807, 2.05) is 0 Å². The number of hydrogen-bond acceptors (Lipinski definition) is 3. The molecule has 2 rings (SSSR count). The van der Waals surface area contributed by atoms with E-state index in [0.29, 0.717) is 21.9 Å². The van der Waals surface area contributed by atoms with E-state index >= 15 is 0 Å². The Hall–Kier alpha value is -1.00. The molecule has 0 spiro atoms. The second-order valence-electron chi connectivity index (χ2n) is 2.85. The zero-order valence-corrected chi connectivity index (χ0v) is 9.84. The Bertz CT molecular complexity index is 529.